The van der Waals surface area contributed by atoms with Crippen LogP contribution in [-0.2, 0) is 9.53 Å². The molecule has 0 aromatic carbocycles. The van der Waals surface area contributed by atoms with E-state index in [1.807, 2.05) is 13.8 Å². The van der Waals surface area contributed by atoms with E-state index in [1.54, 1.807) is 0 Å². The summed E-state index contributed by atoms with van der Waals surface area (Å²) >= 11 is 0. The predicted octanol–water partition coefficient (Wildman–Crippen LogP) is -0.406. The second-order valence-corrected chi connectivity index (χ2v) is 4.20. The van der Waals surface area contributed by atoms with Crippen LogP contribution in [0.15, 0.2) is 0 Å². The van der Waals surface area contributed by atoms with E-state index in [4.69, 9.17) is 10.5 Å². The second-order valence-electron chi connectivity index (χ2n) is 4.20. The van der Waals surface area contributed by atoms with E-state index in [0.29, 0.717) is 19.8 Å². The normalized spacial score (nSPS) is 20.1. The number of carbonyl (C=O) groups excluding carboxylic acids is 1. The largest absolute Gasteiger partial charge is 0.379 e. The molecule has 0 bridgehead atoms. The van der Waals surface area contributed by atoms with Gasteiger partial charge in [-0.15, -0.1) is 12.4 Å². The van der Waals surface area contributed by atoms with E-state index >= 15 is 0 Å². The SMILES string of the molecule is CC1(C)C(=O)NCCN1CCOCCN.Cl. The smallest absolute Gasteiger partial charge is 0.240 e. The molecule has 1 amide bonds. The molecule has 1 fully saturated rings. The van der Waals surface area contributed by atoms with Gasteiger partial charge in [-0.05, 0) is 13.8 Å². The van der Waals surface area contributed by atoms with Crippen LogP contribution in [0.2, 0.25) is 0 Å². The van der Waals surface area contributed by atoms with E-state index in [9.17, 15) is 4.79 Å². The fourth-order valence-corrected chi connectivity index (χ4v) is 1.70. The maximum atomic E-state index is 11.6. The summed E-state index contributed by atoms with van der Waals surface area (Å²) in [5.41, 5.74) is 4.89. The monoisotopic (exact) mass is 251 g/mol. The van der Waals surface area contributed by atoms with Crippen LogP contribution in [0.3, 0.4) is 0 Å². The van der Waals surface area contributed by atoms with Crippen LogP contribution < -0.4 is 11.1 Å². The lowest BCUT2D eigenvalue weighted by Crippen LogP contribution is -2.62. The Morgan fingerprint density at radius 1 is 1.50 bits per heavy atom. The molecule has 0 aromatic heterocycles. The van der Waals surface area contributed by atoms with Gasteiger partial charge in [0, 0.05) is 26.2 Å². The number of piperazine rings is 1. The highest BCUT2D eigenvalue weighted by Crippen LogP contribution is 2.16. The van der Waals surface area contributed by atoms with Crippen molar-refractivity contribution in [2.24, 2.45) is 5.73 Å². The third kappa shape index (κ3) is 3.90. The maximum Gasteiger partial charge on any atom is 0.240 e. The summed E-state index contributed by atoms with van der Waals surface area (Å²) in [5, 5.41) is 2.86. The van der Waals surface area contributed by atoms with Crippen molar-refractivity contribution in [2.45, 2.75) is 19.4 Å². The van der Waals surface area contributed by atoms with Crippen molar-refractivity contribution < 1.29 is 9.53 Å². The molecule has 1 aliphatic rings. The van der Waals surface area contributed by atoms with Crippen molar-refractivity contribution in [2.75, 3.05) is 39.4 Å². The molecular weight excluding hydrogens is 230 g/mol. The first kappa shape index (κ1) is 15.6. The Morgan fingerprint density at radius 3 is 2.81 bits per heavy atom. The number of nitrogens with one attached hydrogen (secondary N) is 1. The molecule has 6 heteroatoms. The minimum absolute atomic E-state index is 0. The van der Waals surface area contributed by atoms with Crippen LogP contribution >= 0.6 is 12.4 Å². The molecule has 0 atom stereocenters. The highest BCUT2D eigenvalue weighted by atomic mass is 35.5. The van der Waals surface area contributed by atoms with Gasteiger partial charge in [0.1, 0.15) is 0 Å². The summed E-state index contributed by atoms with van der Waals surface area (Å²) in [6.45, 7) is 8.01. The number of carbonyl (C=O) groups is 1. The van der Waals surface area contributed by atoms with Crippen LogP contribution in [0.4, 0.5) is 0 Å². The van der Waals surface area contributed by atoms with Gasteiger partial charge in [0.25, 0.3) is 0 Å². The van der Waals surface area contributed by atoms with Gasteiger partial charge < -0.3 is 15.8 Å². The third-order valence-electron chi connectivity index (χ3n) is 2.78. The van der Waals surface area contributed by atoms with Gasteiger partial charge in [0.15, 0.2) is 0 Å². The van der Waals surface area contributed by atoms with Crippen molar-refractivity contribution in [1.82, 2.24) is 10.2 Å². The Balaban J connectivity index is 0.00000225. The van der Waals surface area contributed by atoms with Crippen molar-refractivity contribution in [3.63, 3.8) is 0 Å². The molecule has 0 spiro atoms. The van der Waals surface area contributed by atoms with Gasteiger partial charge in [-0.3, -0.25) is 9.69 Å². The molecule has 16 heavy (non-hydrogen) atoms. The van der Waals surface area contributed by atoms with Gasteiger partial charge >= 0.3 is 0 Å². The fourth-order valence-electron chi connectivity index (χ4n) is 1.70. The molecule has 1 aliphatic heterocycles. The van der Waals surface area contributed by atoms with Crippen LogP contribution in [0.1, 0.15) is 13.8 Å². The minimum Gasteiger partial charge on any atom is -0.379 e. The van der Waals surface area contributed by atoms with Crippen LogP contribution in [0, 0.1) is 0 Å². The first-order valence-electron chi connectivity index (χ1n) is 5.40. The lowest BCUT2D eigenvalue weighted by molar-refractivity contribution is -0.135. The number of hydrogen-bond acceptors (Lipinski definition) is 4. The van der Waals surface area contributed by atoms with Crippen LogP contribution in [-0.4, -0.2) is 55.7 Å². The second kappa shape index (κ2) is 7.06. The number of ether oxygens (including phenoxy) is 1. The van der Waals surface area contributed by atoms with Gasteiger partial charge in [0.2, 0.25) is 5.91 Å². The Bertz CT molecular complexity index is 224. The van der Waals surface area contributed by atoms with Gasteiger partial charge in [0.05, 0.1) is 18.8 Å². The van der Waals surface area contributed by atoms with Crippen molar-refractivity contribution in [3.8, 4) is 0 Å². The number of nitrogens with zero attached hydrogens (tertiary/aromatic N) is 1. The minimum atomic E-state index is -0.426. The first-order chi connectivity index (χ1) is 7.09. The number of hydrogen-bond donors (Lipinski definition) is 2. The van der Waals surface area contributed by atoms with Crippen molar-refractivity contribution >= 4 is 18.3 Å². The average Bonchev–Trinajstić information content (AvgIpc) is 2.19. The summed E-state index contributed by atoms with van der Waals surface area (Å²) < 4.78 is 5.32. The standard InChI is InChI=1S/C10H21N3O2.ClH/c1-10(2)9(14)12-4-5-13(10)6-8-15-7-3-11;/h3-8,11H2,1-2H3,(H,12,14);1H. The van der Waals surface area contributed by atoms with E-state index in [0.717, 1.165) is 19.6 Å². The third-order valence-corrected chi connectivity index (χ3v) is 2.78. The number of rotatable bonds is 5. The van der Waals surface area contributed by atoms with Crippen LogP contribution in [0.5, 0.6) is 0 Å². The number of nitrogens with two attached hydrogens (primary N) is 1. The summed E-state index contributed by atoms with van der Waals surface area (Å²) in [5.74, 6) is 0.0903. The molecule has 0 unspecified atom stereocenters. The number of amides is 1. The first-order valence-corrected chi connectivity index (χ1v) is 5.40. The summed E-state index contributed by atoms with van der Waals surface area (Å²) in [4.78, 5) is 13.7. The molecule has 5 nitrogen and oxygen atoms in total. The zero-order chi connectivity index (χ0) is 11.3. The topological polar surface area (TPSA) is 67.6 Å². The summed E-state index contributed by atoms with van der Waals surface area (Å²) in [6, 6.07) is 0. The summed E-state index contributed by atoms with van der Waals surface area (Å²) in [7, 11) is 0. The molecule has 0 saturated carbocycles. The van der Waals surface area contributed by atoms with E-state index in [-0.39, 0.29) is 18.3 Å². The maximum absolute atomic E-state index is 11.6. The highest BCUT2D eigenvalue weighted by molar-refractivity contribution is 5.86. The lowest BCUT2D eigenvalue weighted by Gasteiger charge is -2.41. The van der Waals surface area contributed by atoms with E-state index < -0.39 is 5.54 Å². The quantitative estimate of drug-likeness (QED) is 0.653. The van der Waals surface area contributed by atoms with Crippen LogP contribution in [0.25, 0.3) is 0 Å². The Kier molecular flexibility index (Phi) is 6.90. The molecule has 1 saturated heterocycles. The molecule has 3 N–H and O–H groups in total. The molecule has 0 aromatic rings. The Hall–Kier alpha value is -0.360. The van der Waals surface area contributed by atoms with Gasteiger partial charge in [-0.1, -0.05) is 0 Å². The fraction of sp³-hybridized carbons (Fsp3) is 0.900. The summed E-state index contributed by atoms with van der Waals surface area (Å²) in [6.07, 6.45) is 0. The molecule has 0 radical (unpaired) electrons. The van der Waals surface area contributed by atoms with Gasteiger partial charge in [-0.25, -0.2) is 0 Å². The zero-order valence-corrected chi connectivity index (χ0v) is 10.8. The Labute approximate surface area is 103 Å². The molecule has 96 valence electrons. The van der Waals surface area contributed by atoms with Crippen molar-refractivity contribution in [3.05, 3.63) is 0 Å². The molecule has 1 heterocycles. The predicted molar refractivity (Wildman–Crippen MR) is 65.8 cm³/mol. The Morgan fingerprint density at radius 2 is 2.19 bits per heavy atom. The molecule has 0 aliphatic carbocycles. The highest BCUT2D eigenvalue weighted by Gasteiger charge is 2.36. The lowest BCUT2D eigenvalue weighted by atomic mass is 9.99. The average molecular weight is 252 g/mol. The zero-order valence-electron chi connectivity index (χ0n) is 9.99. The van der Waals surface area contributed by atoms with Gasteiger partial charge in [-0.2, -0.15) is 0 Å². The molecular formula is C10H22ClN3O2. The van der Waals surface area contributed by atoms with Crippen molar-refractivity contribution in [1.29, 1.82) is 0 Å². The molecule has 1 rings (SSSR count). The van der Waals surface area contributed by atoms with E-state index in [2.05, 4.69) is 10.2 Å². The van der Waals surface area contributed by atoms with E-state index in [1.165, 1.54) is 0 Å². The number of halogens is 1.